The van der Waals surface area contributed by atoms with Gasteiger partial charge in [-0.1, -0.05) is 0 Å². The molecule has 0 atom stereocenters. The van der Waals surface area contributed by atoms with Gasteiger partial charge in [0, 0.05) is 19.6 Å². The third kappa shape index (κ3) is 4.60. The number of rotatable bonds is 6. The Hall–Kier alpha value is -2.65. The molecule has 1 aromatic carbocycles. The van der Waals surface area contributed by atoms with Gasteiger partial charge in [0.05, 0.1) is 29.4 Å². The predicted molar refractivity (Wildman–Crippen MR) is 100 cm³/mol. The van der Waals surface area contributed by atoms with Gasteiger partial charge in [0.25, 0.3) is 5.91 Å². The molecule has 28 heavy (non-hydrogen) atoms. The van der Waals surface area contributed by atoms with Crippen LogP contribution in [0.5, 0.6) is 0 Å². The second-order valence-corrected chi connectivity index (χ2v) is 8.38. The standard InChI is InChI=1S/C19H22N2O6S/c1-26-19(23)15-2-4-17(5-3-15)28(24,25)20-12-14-6-9-21(10-7-14)18(22)16-8-11-27-13-16/h2-5,8,11,13-14,20H,6-7,9-10,12H2,1H3. The average molecular weight is 406 g/mol. The number of benzene rings is 1. The molecule has 2 heterocycles. The number of amides is 1. The third-order valence-corrected chi connectivity index (χ3v) is 6.26. The first-order valence-corrected chi connectivity index (χ1v) is 10.4. The number of furan rings is 1. The zero-order valence-electron chi connectivity index (χ0n) is 15.5. The van der Waals surface area contributed by atoms with Gasteiger partial charge in [-0.15, -0.1) is 0 Å². The maximum Gasteiger partial charge on any atom is 0.337 e. The number of sulfonamides is 1. The lowest BCUT2D eigenvalue weighted by molar-refractivity contribution is 0.0600. The number of ether oxygens (including phenoxy) is 1. The highest BCUT2D eigenvalue weighted by Crippen LogP contribution is 2.20. The number of nitrogens with one attached hydrogen (secondary N) is 1. The molecule has 1 saturated heterocycles. The molecule has 3 rings (SSSR count). The van der Waals surface area contributed by atoms with Crippen molar-refractivity contribution in [2.45, 2.75) is 17.7 Å². The summed E-state index contributed by atoms with van der Waals surface area (Å²) in [4.78, 5) is 25.6. The average Bonchev–Trinajstić information content (AvgIpc) is 3.26. The fraction of sp³-hybridized carbons (Fsp3) is 0.368. The van der Waals surface area contributed by atoms with E-state index in [1.54, 1.807) is 11.0 Å². The molecule has 0 unspecified atom stereocenters. The van der Waals surface area contributed by atoms with Crippen molar-refractivity contribution < 1.29 is 27.2 Å². The zero-order valence-corrected chi connectivity index (χ0v) is 16.3. The number of methoxy groups -OCH3 is 1. The first-order valence-electron chi connectivity index (χ1n) is 8.90. The van der Waals surface area contributed by atoms with Crippen molar-refractivity contribution in [1.29, 1.82) is 0 Å². The van der Waals surface area contributed by atoms with E-state index >= 15 is 0 Å². The molecule has 150 valence electrons. The largest absolute Gasteiger partial charge is 0.472 e. The summed E-state index contributed by atoms with van der Waals surface area (Å²) >= 11 is 0. The summed E-state index contributed by atoms with van der Waals surface area (Å²) in [6, 6.07) is 7.22. The normalized spacial score (nSPS) is 15.4. The van der Waals surface area contributed by atoms with Crippen molar-refractivity contribution in [1.82, 2.24) is 9.62 Å². The van der Waals surface area contributed by atoms with Crippen molar-refractivity contribution in [2.24, 2.45) is 5.92 Å². The summed E-state index contributed by atoms with van der Waals surface area (Å²) in [7, 11) is -2.40. The Morgan fingerprint density at radius 1 is 1.14 bits per heavy atom. The molecule has 1 amide bonds. The second-order valence-electron chi connectivity index (χ2n) is 6.62. The summed E-state index contributed by atoms with van der Waals surface area (Å²) in [5, 5.41) is 0. The van der Waals surface area contributed by atoms with Crippen molar-refractivity contribution in [3.05, 3.63) is 54.0 Å². The number of carbonyl (C=O) groups excluding carboxylic acids is 2. The number of hydrogen-bond acceptors (Lipinski definition) is 6. The van der Waals surface area contributed by atoms with Crippen molar-refractivity contribution in [3.63, 3.8) is 0 Å². The summed E-state index contributed by atoms with van der Waals surface area (Å²) in [5.41, 5.74) is 0.811. The van der Waals surface area contributed by atoms with Crippen LogP contribution in [0.4, 0.5) is 0 Å². The molecule has 0 spiro atoms. The van der Waals surface area contributed by atoms with Crippen molar-refractivity contribution >= 4 is 21.9 Å². The Bertz CT molecular complexity index is 914. The van der Waals surface area contributed by atoms with Gasteiger partial charge < -0.3 is 14.1 Å². The molecule has 0 radical (unpaired) electrons. The lowest BCUT2D eigenvalue weighted by Crippen LogP contribution is -2.41. The van der Waals surface area contributed by atoms with Crippen LogP contribution in [0.1, 0.15) is 33.6 Å². The number of carbonyl (C=O) groups is 2. The second kappa shape index (κ2) is 8.57. The first kappa shape index (κ1) is 20.1. The van der Waals surface area contributed by atoms with Crippen LogP contribution in [-0.2, 0) is 14.8 Å². The molecule has 2 aromatic rings. The van der Waals surface area contributed by atoms with Gasteiger partial charge in [-0.2, -0.15) is 0 Å². The Balaban J connectivity index is 1.51. The SMILES string of the molecule is COC(=O)c1ccc(S(=O)(=O)NCC2CCN(C(=O)c3ccoc3)CC2)cc1. The highest BCUT2D eigenvalue weighted by atomic mass is 32.2. The van der Waals surface area contributed by atoms with Crippen LogP contribution in [0.2, 0.25) is 0 Å². The molecule has 8 nitrogen and oxygen atoms in total. The van der Waals surface area contributed by atoms with Crippen LogP contribution in [0.15, 0.2) is 52.2 Å². The number of esters is 1. The summed E-state index contributed by atoms with van der Waals surface area (Å²) in [6.45, 7) is 1.45. The predicted octanol–water partition coefficient (Wildman–Crippen LogP) is 1.90. The molecule has 0 aliphatic carbocycles. The topological polar surface area (TPSA) is 106 Å². The van der Waals surface area contributed by atoms with Gasteiger partial charge in [-0.3, -0.25) is 4.79 Å². The van der Waals surface area contributed by atoms with E-state index in [-0.39, 0.29) is 22.3 Å². The van der Waals surface area contributed by atoms with Crippen molar-refractivity contribution in [3.8, 4) is 0 Å². The fourth-order valence-corrected chi connectivity index (χ4v) is 4.22. The smallest absolute Gasteiger partial charge is 0.337 e. The minimum Gasteiger partial charge on any atom is -0.472 e. The lowest BCUT2D eigenvalue weighted by atomic mass is 9.97. The summed E-state index contributed by atoms with van der Waals surface area (Å²) in [6.07, 6.45) is 4.32. The van der Waals surface area contributed by atoms with Crippen LogP contribution in [0, 0.1) is 5.92 Å². The fourth-order valence-electron chi connectivity index (χ4n) is 3.11. The number of nitrogens with zero attached hydrogens (tertiary/aromatic N) is 1. The molecule has 1 aliphatic rings. The van der Waals surface area contributed by atoms with Gasteiger partial charge in [-0.25, -0.2) is 17.9 Å². The van der Waals surface area contributed by atoms with E-state index < -0.39 is 16.0 Å². The summed E-state index contributed by atoms with van der Waals surface area (Å²) < 4.78 is 37.1. The Kier molecular flexibility index (Phi) is 6.15. The quantitative estimate of drug-likeness (QED) is 0.735. The van der Waals surface area contributed by atoms with E-state index in [4.69, 9.17) is 4.42 Å². The van der Waals surface area contributed by atoms with E-state index in [0.717, 1.165) is 0 Å². The molecule has 1 aliphatic heterocycles. The van der Waals surface area contributed by atoms with Gasteiger partial charge in [0.15, 0.2) is 0 Å². The number of piperidine rings is 1. The zero-order chi connectivity index (χ0) is 20.1. The minimum atomic E-state index is -3.67. The highest BCUT2D eigenvalue weighted by Gasteiger charge is 2.25. The molecule has 1 aromatic heterocycles. The van der Waals surface area contributed by atoms with E-state index in [1.807, 2.05) is 0 Å². The number of hydrogen-bond donors (Lipinski definition) is 1. The van der Waals surface area contributed by atoms with Gasteiger partial charge in [0.2, 0.25) is 10.0 Å². The van der Waals surface area contributed by atoms with Crippen molar-refractivity contribution in [2.75, 3.05) is 26.7 Å². The number of likely N-dealkylation sites (tertiary alicyclic amines) is 1. The van der Waals surface area contributed by atoms with Gasteiger partial charge in [-0.05, 0) is 49.1 Å². The Labute approximate surface area is 163 Å². The monoisotopic (exact) mass is 406 g/mol. The van der Waals surface area contributed by atoms with E-state index in [2.05, 4.69) is 9.46 Å². The maximum absolute atomic E-state index is 12.5. The van der Waals surface area contributed by atoms with Crippen LogP contribution < -0.4 is 4.72 Å². The van der Waals surface area contributed by atoms with E-state index in [1.165, 1.54) is 43.9 Å². The molecular weight excluding hydrogens is 384 g/mol. The molecular formula is C19H22N2O6S. The molecule has 1 N–H and O–H groups in total. The molecule has 0 bridgehead atoms. The van der Waals surface area contributed by atoms with E-state index in [0.29, 0.717) is 38.0 Å². The van der Waals surface area contributed by atoms with Crippen LogP contribution in [0.25, 0.3) is 0 Å². The molecule has 9 heteroatoms. The van der Waals surface area contributed by atoms with E-state index in [9.17, 15) is 18.0 Å². The van der Waals surface area contributed by atoms with Gasteiger partial charge in [0.1, 0.15) is 6.26 Å². The first-order chi connectivity index (χ1) is 13.4. The molecule has 1 fully saturated rings. The Morgan fingerprint density at radius 3 is 2.39 bits per heavy atom. The van der Waals surface area contributed by atoms with Gasteiger partial charge >= 0.3 is 5.97 Å². The lowest BCUT2D eigenvalue weighted by Gasteiger charge is -2.31. The van der Waals surface area contributed by atoms with Crippen LogP contribution in [-0.4, -0.2) is 51.9 Å². The maximum atomic E-state index is 12.5. The van der Waals surface area contributed by atoms with Crippen LogP contribution in [0.3, 0.4) is 0 Å². The van der Waals surface area contributed by atoms with Crippen LogP contribution >= 0.6 is 0 Å². The molecule has 0 saturated carbocycles. The Morgan fingerprint density at radius 2 is 1.82 bits per heavy atom. The highest BCUT2D eigenvalue weighted by molar-refractivity contribution is 7.89. The minimum absolute atomic E-state index is 0.0709. The summed E-state index contributed by atoms with van der Waals surface area (Å²) in [5.74, 6) is -0.440. The third-order valence-electron chi connectivity index (χ3n) is 4.82.